The van der Waals surface area contributed by atoms with Crippen molar-refractivity contribution < 1.29 is 9.47 Å². The average Bonchev–Trinajstić information content (AvgIpc) is 2.29. The zero-order chi connectivity index (χ0) is 13.0. The van der Waals surface area contributed by atoms with Crippen LogP contribution in [0.3, 0.4) is 0 Å². The molecule has 18 heavy (non-hydrogen) atoms. The lowest BCUT2D eigenvalue weighted by molar-refractivity contribution is -0.133. The summed E-state index contributed by atoms with van der Waals surface area (Å²) >= 11 is 0. The lowest BCUT2D eigenvalue weighted by Gasteiger charge is -2.28. The molecule has 1 aromatic rings. The van der Waals surface area contributed by atoms with E-state index < -0.39 is 0 Å². The molecule has 0 saturated carbocycles. The third kappa shape index (κ3) is 3.31. The van der Waals surface area contributed by atoms with Gasteiger partial charge in [-0.1, -0.05) is 25.1 Å². The van der Waals surface area contributed by atoms with E-state index in [-0.39, 0.29) is 12.1 Å². The molecule has 1 unspecified atom stereocenters. The first-order valence-corrected chi connectivity index (χ1v) is 6.70. The Hall–Kier alpha value is -0.900. The van der Waals surface area contributed by atoms with E-state index >= 15 is 0 Å². The van der Waals surface area contributed by atoms with E-state index in [4.69, 9.17) is 9.47 Å². The molecule has 0 radical (unpaired) electrons. The largest absolute Gasteiger partial charge is 0.376 e. The van der Waals surface area contributed by atoms with E-state index in [0.29, 0.717) is 6.61 Å². The van der Waals surface area contributed by atoms with E-state index in [9.17, 15) is 0 Å². The van der Waals surface area contributed by atoms with Gasteiger partial charge in [0, 0.05) is 0 Å². The van der Waals surface area contributed by atoms with Crippen LogP contribution in [0, 0.1) is 13.8 Å². The van der Waals surface area contributed by atoms with E-state index in [0.717, 1.165) is 19.8 Å². The molecule has 1 atom stereocenters. The van der Waals surface area contributed by atoms with Crippen LogP contribution >= 0.6 is 0 Å². The van der Waals surface area contributed by atoms with Crippen LogP contribution in [0.1, 0.15) is 29.7 Å². The van der Waals surface area contributed by atoms with E-state index in [1.54, 1.807) is 0 Å². The molecule has 3 nitrogen and oxygen atoms in total. The van der Waals surface area contributed by atoms with Crippen LogP contribution in [0.2, 0.25) is 0 Å². The van der Waals surface area contributed by atoms with Crippen LogP contribution in [-0.2, 0) is 9.47 Å². The molecule has 1 aromatic carbocycles. The molecule has 1 saturated heterocycles. The molecule has 1 N–H and O–H groups in total. The van der Waals surface area contributed by atoms with E-state index in [2.05, 4.69) is 44.3 Å². The molecule has 3 heteroatoms. The van der Waals surface area contributed by atoms with Crippen molar-refractivity contribution in [3.8, 4) is 0 Å². The molecule has 2 rings (SSSR count). The number of nitrogens with one attached hydrogen (secondary N) is 1. The molecule has 1 aliphatic heterocycles. The van der Waals surface area contributed by atoms with Gasteiger partial charge in [0.15, 0.2) is 0 Å². The average molecular weight is 249 g/mol. The first-order chi connectivity index (χ1) is 8.70. The molecule has 100 valence electrons. The standard InChI is InChI=1S/C15H23NO2/c1-4-16-15(10-18-14-8-17-9-14)13-6-5-11(2)12(3)7-13/h5-7,14-16H,4,8-10H2,1-3H3. The second kappa shape index (κ2) is 6.32. The van der Waals surface area contributed by atoms with Crippen LogP contribution < -0.4 is 5.32 Å². The number of benzene rings is 1. The third-order valence-corrected chi connectivity index (χ3v) is 3.49. The lowest BCUT2D eigenvalue weighted by atomic mass is 10.0. The molecule has 1 fully saturated rings. The van der Waals surface area contributed by atoms with Crippen molar-refractivity contribution in [2.45, 2.75) is 32.9 Å². The van der Waals surface area contributed by atoms with Gasteiger partial charge in [0.25, 0.3) is 0 Å². The molecule has 0 aliphatic carbocycles. The minimum atomic E-state index is 0.273. The summed E-state index contributed by atoms with van der Waals surface area (Å²) in [5.41, 5.74) is 3.98. The summed E-state index contributed by atoms with van der Waals surface area (Å²) in [6.45, 7) is 9.57. The Bertz CT molecular complexity index is 388. The highest BCUT2D eigenvalue weighted by molar-refractivity contribution is 5.31. The highest BCUT2D eigenvalue weighted by atomic mass is 16.6. The lowest BCUT2D eigenvalue weighted by Crippen LogP contribution is -2.38. The number of likely N-dealkylation sites (N-methyl/N-ethyl adjacent to an activating group) is 1. The van der Waals surface area contributed by atoms with Gasteiger partial charge in [-0.2, -0.15) is 0 Å². The Balaban J connectivity index is 1.99. The number of hydrogen-bond acceptors (Lipinski definition) is 3. The maximum absolute atomic E-state index is 5.83. The topological polar surface area (TPSA) is 30.5 Å². The predicted octanol–water partition coefficient (Wildman–Crippen LogP) is 2.37. The van der Waals surface area contributed by atoms with Gasteiger partial charge in [-0.15, -0.1) is 0 Å². The van der Waals surface area contributed by atoms with Gasteiger partial charge in [-0.25, -0.2) is 0 Å². The highest BCUT2D eigenvalue weighted by Crippen LogP contribution is 2.19. The van der Waals surface area contributed by atoms with Gasteiger partial charge in [0.1, 0.15) is 6.10 Å². The molecule has 0 amide bonds. The number of aryl methyl sites for hydroxylation is 2. The fourth-order valence-electron chi connectivity index (χ4n) is 2.04. The van der Waals surface area contributed by atoms with E-state index in [1.807, 2.05) is 0 Å². The molecule has 0 aromatic heterocycles. The first kappa shape index (κ1) is 13.5. The van der Waals surface area contributed by atoms with Crippen LogP contribution in [-0.4, -0.2) is 32.5 Å². The molecular formula is C15H23NO2. The smallest absolute Gasteiger partial charge is 0.104 e. The number of rotatable bonds is 6. The fourth-order valence-corrected chi connectivity index (χ4v) is 2.04. The summed E-state index contributed by atoms with van der Waals surface area (Å²) in [6, 6.07) is 6.90. The fraction of sp³-hybridized carbons (Fsp3) is 0.600. The second-order valence-corrected chi connectivity index (χ2v) is 4.95. The quantitative estimate of drug-likeness (QED) is 0.839. The Kier molecular flexibility index (Phi) is 4.75. The van der Waals surface area contributed by atoms with Gasteiger partial charge in [-0.05, 0) is 37.1 Å². The Morgan fingerprint density at radius 3 is 2.67 bits per heavy atom. The molecule has 0 bridgehead atoms. The summed E-state index contributed by atoms with van der Waals surface area (Å²) < 4.78 is 11.0. The molecule has 0 spiro atoms. The zero-order valence-electron chi connectivity index (χ0n) is 11.5. The first-order valence-electron chi connectivity index (χ1n) is 6.70. The highest BCUT2D eigenvalue weighted by Gasteiger charge is 2.21. The van der Waals surface area contributed by atoms with Crippen molar-refractivity contribution in [3.63, 3.8) is 0 Å². The van der Waals surface area contributed by atoms with Crippen molar-refractivity contribution >= 4 is 0 Å². The van der Waals surface area contributed by atoms with Crippen molar-refractivity contribution in [1.29, 1.82) is 0 Å². The minimum Gasteiger partial charge on any atom is -0.376 e. The summed E-state index contributed by atoms with van der Waals surface area (Å²) in [6.07, 6.45) is 0.290. The zero-order valence-corrected chi connectivity index (χ0v) is 11.5. The molecular weight excluding hydrogens is 226 g/mol. The Morgan fingerprint density at radius 1 is 1.33 bits per heavy atom. The van der Waals surface area contributed by atoms with Crippen molar-refractivity contribution in [2.24, 2.45) is 0 Å². The third-order valence-electron chi connectivity index (χ3n) is 3.49. The minimum absolute atomic E-state index is 0.273. The maximum atomic E-state index is 5.83. The maximum Gasteiger partial charge on any atom is 0.104 e. The normalized spacial score (nSPS) is 17.5. The van der Waals surface area contributed by atoms with Crippen LogP contribution in [0.4, 0.5) is 0 Å². The SMILES string of the molecule is CCNC(COC1COC1)c1ccc(C)c(C)c1. The van der Waals surface area contributed by atoms with Crippen molar-refractivity contribution in [3.05, 3.63) is 34.9 Å². The number of ether oxygens (including phenoxy) is 2. The van der Waals surface area contributed by atoms with Gasteiger partial charge in [-0.3, -0.25) is 0 Å². The molecule has 1 aliphatic rings. The summed E-state index contributed by atoms with van der Waals surface area (Å²) in [5.74, 6) is 0. The van der Waals surface area contributed by atoms with Crippen LogP contribution in [0.15, 0.2) is 18.2 Å². The van der Waals surface area contributed by atoms with Gasteiger partial charge in [0.05, 0.1) is 25.9 Å². The predicted molar refractivity (Wildman–Crippen MR) is 72.9 cm³/mol. The summed E-state index contributed by atoms with van der Waals surface area (Å²) in [7, 11) is 0. The van der Waals surface area contributed by atoms with Crippen molar-refractivity contribution in [1.82, 2.24) is 5.32 Å². The van der Waals surface area contributed by atoms with Gasteiger partial charge in [0.2, 0.25) is 0 Å². The molecule has 1 heterocycles. The van der Waals surface area contributed by atoms with Gasteiger partial charge < -0.3 is 14.8 Å². The number of hydrogen-bond donors (Lipinski definition) is 1. The van der Waals surface area contributed by atoms with Crippen LogP contribution in [0.25, 0.3) is 0 Å². The van der Waals surface area contributed by atoms with Crippen molar-refractivity contribution in [2.75, 3.05) is 26.4 Å². The monoisotopic (exact) mass is 249 g/mol. The van der Waals surface area contributed by atoms with E-state index in [1.165, 1.54) is 16.7 Å². The summed E-state index contributed by atoms with van der Waals surface area (Å²) in [4.78, 5) is 0. The second-order valence-electron chi connectivity index (χ2n) is 4.95. The van der Waals surface area contributed by atoms with Gasteiger partial charge >= 0.3 is 0 Å². The summed E-state index contributed by atoms with van der Waals surface area (Å²) in [5, 5.41) is 3.48. The Labute approximate surface area is 109 Å². The van der Waals surface area contributed by atoms with Crippen LogP contribution in [0.5, 0.6) is 0 Å². The Morgan fingerprint density at radius 2 is 2.11 bits per heavy atom.